The Balaban J connectivity index is 1.89. The van der Waals surface area contributed by atoms with Crippen LogP contribution in [-0.2, 0) is 9.59 Å². The van der Waals surface area contributed by atoms with Gasteiger partial charge in [0.2, 0.25) is 5.91 Å². The molecule has 0 bridgehead atoms. The van der Waals surface area contributed by atoms with Crippen LogP contribution in [-0.4, -0.2) is 47.4 Å². The predicted molar refractivity (Wildman–Crippen MR) is 80.7 cm³/mol. The fraction of sp³-hybridized carbons (Fsp3) is 0.400. The number of benzene rings is 1. The summed E-state index contributed by atoms with van der Waals surface area (Å²) in [5, 5.41) is 12.1. The summed E-state index contributed by atoms with van der Waals surface area (Å²) < 4.78 is 0. The molecule has 2 N–H and O–H groups in total. The van der Waals surface area contributed by atoms with E-state index in [-0.39, 0.29) is 19.0 Å². The number of amides is 2. The Hall–Kier alpha value is -2.08. The van der Waals surface area contributed by atoms with Crippen LogP contribution < -0.4 is 5.32 Å². The van der Waals surface area contributed by atoms with Crippen LogP contribution in [0.2, 0.25) is 5.02 Å². The molecule has 1 fully saturated rings. The number of rotatable bonds is 4. The Bertz CT molecular complexity index is 619. The van der Waals surface area contributed by atoms with Gasteiger partial charge in [0.15, 0.2) is 0 Å². The predicted octanol–water partition coefficient (Wildman–Crippen LogP) is 1.39. The average molecular weight is 325 g/mol. The van der Waals surface area contributed by atoms with E-state index in [2.05, 4.69) is 5.32 Å². The molecule has 0 aliphatic carbocycles. The van der Waals surface area contributed by atoms with E-state index in [0.717, 1.165) is 0 Å². The van der Waals surface area contributed by atoms with Gasteiger partial charge in [-0.25, -0.2) is 0 Å². The maximum Gasteiger partial charge on any atom is 0.311 e. The van der Waals surface area contributed by atoms with Gasteiger partial charge in [0.05, 0.1) is 12.0 Å². The quantitative estimate of drug-likeness (QED) is 0.876. The van der Waals surface area contributed by atoms with Crippen molar-refractivity contribution in [2.24, 2.45) is 5.41 Å². The Labute approximate surface area is 133 Å². The molecule has 0 spiro atoms. The SMILES string of the molecule is CC1(C(=O)O)CCN(C(=O)CNC(=O)c2cccc(Cl)c2)C1. The zero-order valence-electron chi connectivity index (χ0n) is 12.1. The topological polar surface area (TPSA) is 86.7 Å². The first-order chi connectivity index (χ1) is 10.3. The van der Waals surface area contributed by atoms with Crippen molar-refractivity contribution in [3.05, 3.63) is 34.9 Å². The van der Waals surface area contributed by atoms with Crippen molar-refractivity contribution in [3.8, 4) is 0 Å². The molecule has 1 heterocycles. The van der Waals surface area contributed by atoms with Gasteiger partial charge in [-0.3, -0.25) is 14.4 Å². The van der Waals surface area contributed by atoms with Crippen molar-refractivity contribution in [3.63, 3.8) is 0 Å². The first kappa shape index (κ1) is 16.3. The standard InChI is InChI=1S/C15H17ClN2O4/c1-15(14(21)22)5-6-18(9-15)12(19)8-17-13(20)10-3-2-4-11(16)7-10/h2-4,7H,5-6,8-9H2,1H3,(H,17,20)(H,21,22). The number of nitrogens with zero attached hydrogens (tertiary/aromatic N) is 1. The second-order valence-corrected chi connectivity index (χ2v) is 6.06. The molecule has 1 saturated heterocycles. The molecule has 0 aromatic heterocycles. The van der Waals surface area contributed by atoms with Crippen molar-refractivity contribution in [2.45, 2.75) is 13.3 Å². The Morgan fingerprint density at radius 2 is 2.14 bits per heavy atom. The molecule has 1 aromatic carbocycles. The summed E-state index contributed by atoms with van der Waals surface area (Å²) in [5.41, 5.74) is -0.538. The number of nitrogens with one attached hydrogen (secondary N) is 1. The van der Waals surface area contributed by atoms with Gasteiger partial charge >= 0.3 is 5.97 Å². The van der Waals surface area contributed by atoms with Crippen molar-refractivity contribution in [2.75, 3.05) is 19.6 Å². The summed E-state index contributed by atoms with van der Waals surface area (Å²) in [6, 6.07) is 6.42. The van der Waals surface area contributed by atoms with Crippen molar-refractivity contribution in [1.29, 1.82) is 0 Å². The van der Waals surface area contributed by atoms with Crippen LogP contribution in [0.5, 0.6) is 0 Å². The van der Waals surface area contributed by atoms with E-state index in [9.17, 15) is 14.4 Å². The van der Waals surface area contributed by atoms with Crippen LogP contribution in [0.1, 0.15) is 23.7 Å². The molecule has 1 aliphatic heterocycles. The second kappa shape index (κ2) is 6.36. The van der Waals surface area contributed by atoms with E-state index < -0.39 is 17.3 Å². The third kappa shape index (κ3) is 3.57. The molecule has 2 rings (SSSR count). The van der Waals surface area contributed by atoms with Gasteiger partial charge in [0.25, 0.3) is 5.91 Å². The number of hydrogen-bond acceptors (Lipinski definition) is 3. The van der Waals surface area contributed by atoms with Crippen molar-refractivity contribution < 1.29 is 19.5 Å². The average Bonchev–Trinajstić information content (AvgIpc) is 2.88. The van der Waals surface area contributed by atoms with Gasteiger partial charge in [-0.15, -0.1) is 0 Å². The molecule has 2 amide bonds. The molecule has 1 aliphatic rings. The lowest BCUT2D eigenvalue weighted by molar-refractivity contribution is -0.147. The smallest absolute Gasteiger partial charge is 0.311 e. The fourth-order valence-corrected chi connectivity index (χ4v) is 2.54. The molecule has 7 heteroatoms. The van der Waals surface area contributed by atoms with Gasteiger partial charge in [0.1, 0.15) is 0 Å². The van der Waals surface area contributed by atoms with Crippen molar-refractivity contribution in [1.82, 2.24) is 10.2 Å². The van der Waals surface area contributed by atoms with Crippen LogP contribution in [0.25, 0.3) is 0 Å². The fourth-order valence-electron chi connectivity index (χ4n) is 2.35. The number of hydrogen-bond donors (Lipinski definition) is 2. The Morgan fingerprint density at radius 1 is 1.41 bits per heavy atom. The maximum absolute atomic E-state index is 12.1. The largest absolute Gasteiger partial charge is 0.481 e. The highest BCUT2D eigenvalue weighted by molar-refractivity contribution is 6.30. The number of aliphatic carboxylic acids is 1. The number of halogens is 1. The second-order valence-electron chi connectivity index (χ2n) is 5.62. The molecule has 6 nitrogen and oxygen atoms in total. The minimum absolute atomic E-state index is 0.161. The van der Waals surface area contributed by atoms with Crippen LogP contribution in [0.3, 0.4) is 0 Å². The lowest BCUT2D eigenvalue weighted by Crippen LogP contribution is -2.41. The molecule has 0 radical (unpaired) electrons. The highest BCUT2D eigenvalue weighted by Gasteiger charge is 2.41. The van der Waals surface area contributed by atoms with E-state index in [1.54, 1.807) is 25.1 Å². The van der Waals surface area contributed by atoms with E-state index in [4.69, 9.17) is 16.7 Å². The number of carbonyl (C=O) groups excluding carboxylic acids is 2. The van der Waals surface area contributed by atoms with Crippen LogP contribution in [0, 0.1) is 5.41 Å². The minimum Gasteiger partial charge on any atom is -0.481 e. The molecule has 1 unspecified atom stereocenters. The van der Waals surface area contributed by atoms with Gasteiger partial charge < -0.3 is 15.3 Å². The minimum atomic E-state index is -0.911. The molecule has 0 saturated carbocycles. The van der Waals surface area contributed by atoms with Gasteiger partial charge in [0, 0.05) is 23.7 Å². The summed E-state index contributed by atoms with van der Waals surface area (Å²) in [6.07, 6.45) is 0.413. The lowest BCUT2D eigenvalue weighted by atomic mass is 9.90. The zero-order valence-corrected chi connectivity index (χ0v) is 12.9. The monoisotopic (exact) mass is 324 g/mol. The van der Waals surface area contributed by atoms with Gasteiger partial charge in [-0.05, 0) is 31.5 Å². The van der Waals surface area contributed by atoms with E-state index in [1.807, 2.05) is 0 Å². The third-order valence-electron chi connectivity index (χ3n) is 3.83. The molecule has 1 aromatic rings. The highest BCUT2D eigenvalue weighted by Crippen LogP contribution is 2.29. The molecular formula is C15H17ClN2O4. The van der Waals surface area contributed by atoms with Gasteiger partial charge in [-0.1, -0.05) is 17.7 Å². The first-order valence-corrected chi connectivity index (χ1v) is 7.24. The van der Waals surface area contributed by atoms with E-state index in [1.165, 1.54) is 11.0 Å². The lowest BCUT2D eigenvalue weighted by Gasteiger charge is -2.20. The number of carboxylic acids is 1. The van der Waals surface area contributed by atoms with Crippen LogP contribution in [0.4, 0.5) is 0 Å². The molecule has 118 valence electrons. The Kier molecular flexibility index (Phi) is 4.71. The summed E-state index contributed by atoms with van der Waals surface area (Å²) in [4.78, 5) is 36.6. The Morgan fingerprint density at radius 3 is 2.73 bits per heavy atom. The number of carboxylic acid groups (broad SMARTS) is 1. The first-order valence-electron chi connectivity index (χ1n) is 6.87. The zero-order chi connectivity index (χ0) is 16.3. The maximum atomic E-state index is 12.1. The number of likely N-dealkylation sites (tertiary alicyclic amines) is 1. The molecule has 22 heavy (non-hydrogen) atoms. The van der Waals surface area contributed by atoms with Crippen LogP contribution >= 0.6 is 11.6 Å². The highest BCUT2D eigenvalue weighted by atomic mass is 35.5. The number of carbonyl (C=O) groups is 3. The van der Waals surface area contributed by atoms with Crippen LogP contribution in [0.15, 0.2) is 24.3 Å². The molecule has 1 atom stereocenters. The van der Waals surface area contributed by atoms with E-state index >= 15 is 0 Å². The summed E-state index contributed by atoms with van der Waals surface area (Å²) in [5.74, 6) is -1.60. The van der Waals surface area contributed by atoms with Gasteiger partial charge in [-0.2, -0.15) is 0 Å². The third-order valence-corrected chi connectivity index (χ3v) is 4.06. The summed E-state index contributed by atoms with van der Waals surface area (Å²) in [7, 11) is 0. The summed E-state index contributed by atoms with van der Waals surface area (Å²) >= 11 is 5.81. The van der Waals surface area contributed by atoms with E-state index in [0.29, 0.717) is 23.6 Å². The normalized spacial score (nSPS) is 20.7. The van der Waals surface area contributed by atoms with Crippen molar-refractivity contribution >= 4 is 29.4 Å². The summed E-state index contributed by atoms with van der Waals surface area (Å²) in [6.45, 7) is 2.00. The molecular weight excluding hydrogens is 308 g/mol.